The molecular formula is C7H13NO3. The summed E-state index contributed by atoms with van der Waals surface area (Å²) in [6.45, 7) is 0. The molecule has 1 unspecified atom stereocenters. The average Bonchev–Trinajstić information content (AvgIpc) is 2.81. The van der Waals surface area contributed by atoms with E-state index in [2.05, 4.69) is 15.1 Å². The molecule has 1 rings (SSSR count). The quantitative estimate of drug-likeness (QED) is 0.466. The summed E-state index contributed by atoms with van der Waals surface area (Å²) >= 11 is 0. The zero-order valence-corrected chi connectivity index (χ0v) is 6.79. The fourth-order valence-electron chi connectivity index (χ4n) is 1.02. The predicted octanol–water partition coefficient (Wildman–Crippen LogP) is 0.0890. The van der Waals surface area contributed by atoms with E-state index >= 15 is 0 Å². The van der Waals surface area contributed by atoms with Gasteiger partial charge in [-0.15, -0.1) is 0 Å². The van der Waals surface area contributed by atoms with E-state index < -0.39 is 0 Å². The van der Waals surface area contributed by atoms with Crippen LogP contribution in [0.4, 0.5) is 0 Å². The molecule has 11 heavy (non-hydrogen) atoms. The summed E-state index contributed by atoms with van der Waals surface area (Å²) in [4.78, 5) is 15.7. The van der Waals surface area contributed by atoms with Gasteiger partial charge in [0.05, 0.1) is 14.2 Å². The van der Waals surface area contributed by atoms with Crippen molar-refractivity contribution in [2.75, 3.05) is 14.2 Å². The maximum absolute atomic E-state index is 11.0. The van der Waals surface area contributed by atoms with Crippen LogP contribution in [0.25, 0.3) is 0 Å². The Morgan fingerprint density at radius 3 is 2.55 bits per heavy atom. The molecule has 1 aliphatic carbocycles. The lowest BCUT2D eigenvalue weighted by molar-refractivity contribution is -0.147. The van der Waals surface area contributed by atoms with E-state index in [1.807, 2.05) is 0 Å². The fourth-order valence-corrected chi connectivity index (χ4v) is 1.02. The Balaban J connectivity index is 2.37. The van der Waals surface area contributed by atoms with Gasteiger partial charge < -0.3 is 9.57 Å². The maximum Gasteiger partial charge on any atom is 0.325 e. The molecule has 0 aromatic carbocycles. The second-order valence-electron chi connectivity index (χ2n) is 2.66. The van der Waals surface area contributed by atoms with Crippen LogP contribution in [0.5, 0.6) is 0 Å². The van der Waals surface area contributed by atoms with Gasteiger partial charge in [0.2, 0.25) is 0 Å². The molecule has 1 saturated carbocycles. The van der Waals surface area contributed by atoms with Crippen molar-refractivity contribution in [3.05, 3.63) is 0 Å². The minimum atomic E-state index is -0.273. The van der Waals surface area contributed by atoms with Crippen LogP contribution in [0, 0.1) is 5.92 Å². The molecule has 4 nitrogen and oxygen atoms in total. The van der Waals surface area contributed by atoms with Gasteiger partial charge in [-0.1, -0.05) is 0 Å². The first-order valence-electron chi connectivity index (χ1n) is 3.66. The number of esters is 1. The van der Waals surface area contributed by atoms with E-state index in [1.54, 1.807) is 0 Å². The van der Waals surface area contributed by atoms with Gasteiger partial charge in [-0.05, 0) is 18.8 Å². The zero-order valence-electron chi connectivity index (χ0n) is 6.79. The second kappa shape index (κ2) is 3.69. The highest BCUT2D eigenvalue weighted by molar-refractivity contribution is 5.76. The van der Waals surface area contributed by atoms with Crippen LogP contribution in [0.3, 0.4) is 0 Å². The fraction of sp³-hybridized carbons (Fsp3) is 0.857. The van der Waals surface area contributed by atoms with Crippen molar-refractivity contribution in [2.24, 2.45) is 5.92 Å². The van der Waals surface area contributed by atoms with Crippen molar-refractivity contribution in [2.45, 2.75) is 18.9 Å². The Hall–Kier alpha value is -0.610. The molecule has 0 amide bonds. The predicted molar refractivity (Wildman–Crippen MR) is 38.7 cm³/mol. The van der Waals surface area contributed by atoms with Crippen molar-refractivity contribution in [3.63, 3.8) is 0 Å². The lowest BCUT2D eigenvalue weighted by Gasteiger charge is -2.12. The standard InChI is InChI=1S/C7H13NO3/c1-10-7(9)6(8-11-2)5-3-4-5/h5-6,8H,3-4H2,1-2H3. The molecule has 0 aromatic rings. The summed E-state index contributed by atoms with van der Waals surface area (Å²) in [7, 11) is 2.88. The first-order chi connectivity index (χ1) is 5.29. The van der Waals surface area contributed by atoms with E-state index in [9.17, 15) is 4.79 Å². The summed E-state index contributed by atoms with van der Waals surface area (Å²) in [5, 5.41) is 0. The first kappa shape index (κ1) is 8.49. The Kier molecular flexibility index (Phi) is 2.84. The summed E-state index contributed by atoms with van der Waals surface area (Å²) < 4.78 is 4.58. The molecule has 1 aliphatic rings. The molecule has 0 aromatic heterocycles. The van der Waals surface area contributed by atoms with Crippen LogP contribution in [0.1, 0.15) is 12.8 Å². The van der Waals surface area contributed by atoms with Crippen LogP contribution in [0.2, 0.25) is 0 Å². The van der Waals surface area contributed by atoms with Crippen LogP contribution < -0.4 is 5.48 Å². The lowest BCUT2D eigenvalue weighted by atomic mass is 10.2. The minimum Gasteiger partial charge on any atom is -0.468 e. The van der Waals surface area contributed by atoms with Crippen LogP contribution in [0.15, 0.2) is 0 Å². The monoisotopic (exact) mass is 159 g/mol. The Morgan fingerprint density at radius 1 is 1.55 bits per heavy atom. The summed E-state index contributed by atoms with van der Waals surface area (Å²) in [6.07, 6.45) is 2.16. The molecule has 0 heterocycles. The number of hydrogen-bond acceptors (Lipinski definition) is 4. The van der Waals surface area contributed by atoms with Crippen molar-refractivity contribution in [1.29, 1.82) is 0 Å². The third-order valence-electron chi connectivity index (χ3n) is 1.79. The summed E-state index contributed by atoms with van der Waals surface area (Å²) in [5.74, 6) is 0.164. The van der Waals surface area contributed by atoms with Crippen molar-refractivity contribution in [1.82, 2.24) is 5.48 Å². The summed E-state index contributed by atoms with van der Waals surface area (Å²) in [6, 6.07) is -0.273. The highest BCUT2D eigenvalue weighted by Crippen LogP contribution is 2.32. The van der Waals surface area contributed by atoms with E-state index in [4.69, 9.17) is 0 Å². The number of nitrogens with one attached hydrogen (secondary N) is 1. The molecule has 1 N–H and O–H groups in total. The smallest absolute Gasteiger partial charge is 0.325 e. The van der Waals surface area contributed by atoms with Gasteiger partial charge in [-0.25, -0.2) is 0 Å². The van der Waals surface area contributed by atoms with E-state index in [1.165, 1.54) is 14.2 Å². The van der Waals surface area contributed by atoms with Gasteiger partial charge >= 0.3 is 5.97 Å². The SMILES string of the molecule is CONC(C(=O)OC)C1CC1. The number of carbonyl (C=O) groups excluding carboxylic acids is 1. The van der Waals surface area contributed by atoms with Crippen LogP contribution in [-0.4, -0.2) is 26.2 Å². The molecule has 0 bridgehead atoms. The molecule has 4 heteroatoms. The zero-order chi connectivity index (χ0) is 8.27. The minimum absolute atomic E-state index is 0.241. The average molecular weight is 159 g/mol. The largest absolute Gasteiger partial charge is 0.468 e. The van der Waals surface area contributed by atoms with E-state index in [0.717, 1.165) is 12.8 Å². The van der Waals surface area contributed by atoms with Gasteiger partial charge in [0.15, 0.2) is 0 Å². The normalized spacial score (nSPS) is 19.5. The first-order valence-corrected chi connectivity index (χ1v) is 3.66. The van der Waals surface area contributed by atoms with Crippen molar-refractivity contribution in [3.8, 4) is 0 Å². The highest BCUT2D eigenvalue weighted by atomic mass is 16.6. The Morgan fingerprint density at radius 2 is 2.18 bits per heavy atom. The molecule has 0 saturated heterocycles. The van der Waals surface area contributed by atoms with Gasteiger partial charge in [0.1, 0.15) is 6.04 Å². The number of hydroxylamine groups is 1. The van der Waals surface area contributed by atoms with Crippen molar-refractivity contribution >= 4 is 5.97 Å². The van der Waals surface area contributed by atoms with Crippen LogP contribution >= 0.6 is 0 Å². The Labute approximate surface area is 65.8 Å². The lowest BCUT2D eigenvalue weighted by Crippen LogP contribution is -2.38. The van der Waals surface area contributed by atoms with Crippen LogP contribution in [-0.2, 0) is 14.4 Å². The second-order valence-corrected chi connectivity index (χ2v) is 2.66. The van der Waals surface area contributed by atoms with Gasteiger partial charge in [-0.2, -0.15) is 5.48 Å². The van der Waals surface area contributed by atoms with E-state index in [-0.39, 0.29) is 12.0 Å². The highest BCUT2D eigenvalue weighted by Gasteiger charge is 2.36. The molecule has 1 atom stereocenters. The Bertz CT molecular complexity index is 145. The molecule has 0 radical (unpaired) electrons. The number of methoxy groups -OCH3 is 1. The van der Waals surface area contributed by atoms with Crippen molar-refractivity contribution < 1.29 is 14.4 Å². The topological polar surface area (TPSA) is 47.6 Å². The van der Waals surface area contributed by atoms with Gasteiger partial charge in [0, 0.05) is 0 Å². The number of rotatable bonds is 4. The molecular weight excluding hydrogens is 146 g/mol. The molecule has 0 aliphatic heterocycles. The third-order valence-corrected chi connectivity index (χ3v) is 1.79. The molecule has 64 valence electrons. The van der Waals surface area contributed by atoms with Gasteiger partial charge in [-0.3, -0.25) is 4.79 Å². The van der Waals surface area contributed by atoms with Gasteiger partial charge in [0.25, 0.3) is 0 Å². The molecule has 1 fully saturated rings. The number of carbonyl (C=O) groups is 1. The summed E-state index contributed by atoms with van der Waals surface area (Å²) in [5.41, 5.74) is 2.62. The molecule has 0 spiro atoms. The van der Waals surface area contributed by atoms with E-state index in [0.29, 0.717) is 5.92 Å². The third kappa shape index (κ3) is 2.17. The number of hydrogen-bond donors (Lipinski definition) is 1. The maximum atomic E-state index is 11.0. The number of ether oxygens (including phenoxy) is 1.